The molecule has 0 spiro atoms. The maximum atomic E-state index is 4.82. The summed E-state index contributed by atoms with van der Waals surface area (Å²) in [5, 5.41) is 3.58. The van der Waals surface area contributed by atoms with Crippen LogP contribution in [0.1, 0.15) is 31.2 Å². The van der Waals surface area contributed by atoms with E-state index in [0.717, 1.165) is 17.2 Å². The smallest absolute Gasteiger partial charge is 0.101 e. The summed E-state index contributed by atoms with van der Waals surface area (Å²) in [5.74, 6) is 1.16. The summed E-state index contributed by atoms with van der Waals surface area (Å²) >= 11 is 4.49. The van der Waals surface area contributed by atoms with Gasteiger partial charge in [0.25, 0.3) is 0 Å². The zero-order valence-corrected chi connectivity index (χ0v) is 10.8. The largest absolute Gasteiger partial charge is 0.369 e. The van der Waals surface area contributed by atoms with Crippen molar-refractivity contribution in [3.05, 3.63) is 29.8 Å². The van der Waals surface area contributed by atoms with Gasteiger partial charge in [0.1, 0.15) is 5.84 Å². The highest BCUT2D eigenvalue weighted by Crippen LogP contribution is 2.25. The van der Waals surface area contributed by atoms with E-state index in [2.05, 4.69) is 30.1 Å². The molecule has 3 heteroatoms. The highest BCUT2D eigenvalue weighted by molar-refractivity contribution is 7.80. The van der Waals surface area contributed by atoms with Crippen LogP contribution in [0.2, 0.25) is 0 Å². The number of benzene rings is 1. The number of aliphatic imine (C=N–C) groups is 1. The van der Waals surface area contributed by atoms with Crippen molar-refractivity contribution < 1.29 is 0 Å². The minimum Gasteiger partial charge on any atom is -0.369 e. The molecule has 0 amide bonds. The van der Waals surface area contributed by atoms with Crippen LogP contribution < -0.4 is 5.32 Å². The Morgan fingerprint density at radius 3 is 2.88 bits per heavy atom. The van der Waals surface area contributed by atoms with Gasteiger partial charge in [-0.1, -0.05) is 31.0 Å². The normalized spacial score (nSPS) is 27.2. The molecule has 2 unspecified atom stereocenters. The Balaban J connectivity index is 1.72. The van der Waals surface area contributed by atoms with E-state index in [-0.39, 0.29) is 0 Å². The molecule has 0 aromatic heterocycles. The number of nitrogens with zero attached hydrogens (tertiary/aromatic N) is 1. The van der Waals surface area contributed by atoms with Gasteiger partial charge in [0, 0.05) is 17.4 Å². The Labute approximate surface area is 108 Å². The zero-order valence-electron chi connectivity index (χ0n) is 9.89. The summed E-state index contributed by atoms with van der Waals surface area (Å²) in [6.07, 6.45) is 6.11. The maximum Gasteiger partial charge on any atom is 0.101 e. The number of amidine groups is 1. The molecule has 0 bridgehead atoms. The zero-order chi connectivity index (χ0) is 11.7. The fourth-order valence-electron chi connectivity index (χ4n) is 2.82. The first-order valence-corrected chi connectivity index (χ1v) is 6.88. The number of hydrogen-bond acceptors (Lipinski definition) is 3. The first-order chi connectivity index (χ1) is 8.33. The van der Waals surface area contributed by atoms with E-state index in [1.54, 1.807) is 0 Å². The van der Waals surface area contributed by atoms with Gasteiger partial charge in [-0.25, -0.2) is 0 Å². The molecule has 1 aliphatic carbocycles. The van der Waals surface area contributed by atoms with Gasteiger partial charge in [0.15, 0.2) is 0 Å². The summed E-state index contributed by atoms with van der Waals surface area (Å²) in [6, 6.07) is 9.40. The van der Waals surface area contributed by atoms with Crippen LogP contribution in [0.5, 0.6) is 0 Å². The van der Waals surface area contributed by atoms with Gasteiger partial charge in [0.05, 0.1) is 6.04 Å². The van der Waals surface area contributed by atoms with Crippen molar-refractivity contribution >= 4 is 18.5 Å². The lowest BCUT2D eigenvalue weighted by molar-refractivity contribution is 0.384. The molecular weight excluding hydrogens is 228 g/mol. The summed E-state index contributed by atoms with van der Waals surface area (Å²) < 4.78 is 0. The molecule has 2 nitrogen and oxygen atoms in total. The van der Waals surface area contributed by atoms with E-state index >= 15 is 0 Å². The second-order valence-electron chi connectivity index (χ2n) is 4.98. The van der Waals surface area contributed by atoms with E-state index in [4.69, 9.17) is 4.99 Å². The summed E-state index contributed by atoms with van der Waals surface area (Å²) in [6.45, 7) is 0. The maximum absolute atomic E-state index is 4.82. The molecule has 17 heavy (non-hydrogen) atoms. The fraction of sp³-hybridized carbons (Fsp3) is 0.500. The summed E-state index contributed by atoms with van der Waals surface area (Å²) in [5.41, 5.74) is 1.26. The van der Waals surface area contributed by atoms with Crippen LogP contribution in [0.25, 0.3) is 0 Å². The molecule has 1 N–H and O–H groups in total. The van der Waals surface area contributed by atoms with Crippen molar-refractivity contribution in [1.29, 1.82) is 0 Å². The molecule has 1 saturated carbocycles. The lowest BCUT2D eigenvalue weighted by Crippen LogP contribution is -2.37. The number of fused-ring (bicyclic) bond motifs is 1. The van der Waals surface area contributed by atoms with Gasteiger partial charge < -0.3 is 5.32 Å². The third kappa shape index (κ3) is 2.34. The number of nitrogens with one attached hydrogen (secondary N) is 1. The van der Waals surface area contributed by atoms with Crippen LogP contribution in [0.3, 0.4) is 0 Å². The Kier molecular flexibility index (Phi) is 3.10. The van der Waals surface area contributed by atoms with Crippen LogP contribution in [0.4, 0.5) is 0 Å². The second-order valence-corrected chi connectivity index (χ2v) is 5.47. The molecule has 1 fully saturated rings. The molecule has 2 aliphatic rings. The minimum absolute atomic E-state index is 0.533. The molecular formula is C14H18N2S. The van der Waals surface area contributed by atoms with Crippen LogP contribution in [0, 0.1) is 0 Å². The van der Waals surface area contributed by atoms with Gasteiger partial charge in [-0.3, -0.25) is 4.99 Å². The van der Waals surface area contributed by atoms with E-state index in [1.165, 1.54) is 31.2 Å². The molecule has 1 aromatic rings. The predicted octanol–water partition coefficient (Wildman–Crippen LogP) is 2.83. The fourth-order valence-corrected chi connectivity index (χ4v) is 3.06. The van der Waals surface area contributed by atoms with Gasteiger partial charge >= 0.3 is 0 Å². The van der Waals surface area contributed by atoms with Gasteiger partial charge in [0.2, 0.25) is 0 Å². The van der Waals surface area contributed by atoms with Crippen molar-refractivity contribution in [2.45, 2.75) is 49.1 Å². The Bertz CT molecular complexity index is 442. The molecule has 90 valence electrons. The highest BCUT2D eigenvalue weighted by atomic mass is 32.1. The quantitative estimate of drug-likeness (QED) is 0.771. The van der Waals surface area contributed by atoms with E-state index < -0.39 is 0 Å². The molecule has 0 radical (unpaired) electrons. The first kappa shape index (κ1) is 11.1. The number of hydrogen-bond donors (Lipinski definition) is 2. The standard InChI is InChI=1S/C14H18N2S/c17-13-8-4-1-5-10(13)9-14-15-11-6-2-3-7-12(11)16-14/h1,4-5,8,11-12,17H,2-3,6-7,9H2,(H,15,16). The van der Waals surface area contributed by atoms with Gasteiger partial charge in [-0.2, -0.15) is 0 Å². The summed E-state index contributed by atoms with van der Waals surface area (Å²) in [4.78, 5) is 5.88. The summed E-state index contributed by atoms with van der Waals surface area (Å²) in [7, 11) is 0. The molecule has 3 rings (SSSR count). The van der Waals surface area contributed by atoms with Gasteiger partial charge in [-0.15, -0.1) is 12.6 Å². The van der Waals surface area contributed by atoms with Crippen LogP contribution >= 0.6 is 12.6 Å². The Hall–Kier alpha value is -0.960. The Morgan fingerprint density at radius 1 is 1.24 bits per heavy atom. The van der Waals surface area contributed by atoms with E-state index in [1.807, 2.05) is 12.1 Å². The van der Waals surface area contributed by atoms with Crippen LogP contribution in [-0.4, -0.2) is 17.9 Å². The topological polar surface area (TPSA) is 24.4 Å². The van der Waals surface area contributed by atoms with Crippen molar-refractivity contribution in [1.82, 2.24) is 5.32 Å². The molecule has 1 heterocycles. The lowest BCUT2D eigenvalue weighted by atomic mass is 9.92. The monoisotopic (exact) mass is 246 g/mol. The SMILES string of the molecule is Sc1ccccc1CC1=NC2CCCCC2N1. The second kappa shape index (κ2) is 4.73. The van der Waals surface area contributed by atoms with E-state index in [0.29, 0.717) is 12.1 Å². The minimum atomic E-state index is 0.533. The van der Waals surface area contributed by atoms with E-state index in [9.17, 15) is 0 Å². The van der Waals surface area contributed by atoms with Crippen LogP contribution in [0.15, 0.2) is 34.2 Å². The molecule has 2 atom stereocenters. The van der Waals surface area contributed by atoms with Crippen molar-refractivity contribution in [2.24, 2.45) is 4.99 Å². The third-order valence-corrected chi connectivity index (χ3v) is 4.19. The lowest BCUT2D eigenvalue weighted by Gasteiger charge is -2.23. The average molecular weight is 246 g/mol. The van der Waals surface area contributed by atoms with Crippen molar-refractivity contribution in [3.8, 4) is 0 Å². The number of rotatable bonds is 2. The number of thiol groups is 1. The van der Waals surface area contributed by atoms with Crippen molar-refractivity contribution in [3.63, 3.8) is 0 Å². The average Bonchev–Trinajstić information content (AvgIpc) is 2.74. The molecule has 1 aliphatic heterocycles. The first-order valence-electron chi connectivity index (χ1n) is 6.43. The highest BCUT2D eigenvalue weighted by Gasteiger charge is 2.30. The molecule has 0 saturated heterocycles. The van der Waals surface area contributed by atoms with Crippen LogP contribution in [-0.2, 0) is 6.42 Å². The Morgan fingerprint density at radius 2 is 2.06 bits per heavy atom. The third-order valence-electron chi connectivity index (χ3n) is 3.75. The van der Waals surface area contributed by atoms with Gasteiger partial charge in [-0.05, 0) is 24.5 Å². The van der Waals surface area contributed by atoms with Crippen molar-refractivity contribution in [2.75, 3.05) is 0 Å². The predicted molar refractivity (Wildman–Crippen MR) is 74.0 cm³/mol. The molecule has 1 aromatic carbocycles.